The van der Waals surface area contributed by atoms with Gasteiger partial charge in [0, 0.05) is 9.17 Å². The van der Waals surface area contributed by atoms with E-state index >= 15 is 0 Å². The molecule has 1 aromatic heterocycles. The number of thiophene rings is 1. The van der Waals surface area contributed by atoms with E-state index < -0.39 is 0 Å². The maximum absolute atomic E-state index is 3.69. The Hall–Kier alpha value is -1.16. The lowest BCUT2D eigenvalue weighted by Gasteiger charge is -2.19. The maximum Gasteiger partial charge on any atom is 0.0591 e. The van der Waals surface area contributed by atoms with Crippen molar-refractivity contribution >= 4 is 37.4 Å². The number of hydrogen-bond donors (Lipinski definition) is 1. The quantitative estimate of drug-likeness (QED) is 0.611. The van der Waals surface area contributed by atoms with Gasteiger partial charge in [0.1, 0.15) is 0 Å². The van der Waals surface area contributed by atoms with Crippen LogP contribution in [-0.2, 0) is 0 Å². The van der Waals surface area contributed by atoms with Gasteiger partial charge in [-0.25, -0.2) is 0 Å². The average molecular weight is 360 g/mol. The third kappa shape index (κ3) is 3.20. The Kier molecular flexibility index (Phi) is 4.73. The highest BCUT2D eigenvalue weighted by Crippen LogP contribution is 2.34. The first-order valence-electron chi connectivity index (χ1n) is 7.24. The molecule has 108 valence electrons. The Bertz CT molecular complexity index is 735. The molecule has 0 amide bonds. The molecule has 0 aliphatic carbocycles. The lowest BCUT2D eigenvalue weighted by Crippen LogP contribution is -2.22. The fourth-order valence-electron chi connectivity index (χ4n) is 2.60. The van der Waals surface area contributed by atoms with Crippen LogP contribution in [0.25, 0.3) is 10.1 Å². The van der Waals surface area contributed by atoms with Crippen LogP contribution >= 0.6 is 27.3 Å². The number of benzene rings is 2. The van der Waals surface area contributed by atoms with Crippen LogP contribution in [0, 0.1) is 0 Å². The van der Waals surface area contributed by atoms with Crippen molar-refractivity contribution in [3.8, 4) is 0 Å². The summed E-state index contributed by atoms with van der Waals surface area (Å²) in [7, 11) is 0. The predicted molar refractivity (Wildman–Crippen MR) is 96.1 cm³/mol. The van der Waals surface area contributed by atoms with Crippen molar-refractivity contribution < 1.29 is 0 Å². The maximum atomic E-state index is 3.69. The second-order valence-electron chi connectivity index (χ2n) is 5.13. The highest BCUT2D eigenvalue weighted by molar-refractivity contribution is 9.10. The molecule has 0 saturated heterocycles. The predicted octanol–water partition coefficient (Wildman–Crippen LogP) is 5.75. The van der Waals surface area contributed by atoms with Gasteiger partial charge in [-0.3, -0.25) is 0 Å². The van der Waals surface area contributed by atoms with E-state index in [9.17, 15) is 0 Å². The van der Waals surface area contributed by atoms with E-state index in [1.807, 2.05) is 11.3 Å². The van der Waals surface area contributed by atoms with Gasteiger partial charge in [0.15, 0.2) is 0 Å². The van der Waals surface area contributed by atoms with Crippen LogP contribution in [0.3, 0.4) is 0 Å². The van der Waals surface area contributed by atoms with Crippen LogP contribution in [0.4, 0.5) is 0 Å². The summed E-state index contributed by atoms with van der Waals surface area (Å²) in [5.41, 5.74) is 2.68. The first-order chi connectivity index (χ1) is 10.3. The molecule has 2 aromatic carbocycles. The van der Waals surface area contributed by atoms with Crippen molar-refractivity contribution in [3.05, 3.63) is 69.5 Å². The summed E-state index contributed by atoms with van der Waals surface area (Å²) >= 11 is 5.41. The highest BCUT2D eigenvalue weighted by atomic mass is 79.9. The molecule has 0 fully saturated rings. The molecule has 3 heteroatoms. The molecule has 0 bridgehead atoms. The molecule has 1 atom stereocenters. The molecule has 1 unspecified atom stereocenters. The van der Waals surface area contributed by atoms with Crippen LogP contribution < -0.4 is 5.32 Å². The van der Waals surface area contributed by atoms with Gasteiger partial charge >= 0.3 is 0 Å². The third-order valence-corrected chi connectivity index (χ3v) is 5.08. The summed E-state index contributed by atoms with van der Waals surface area (Å²) in [5.74, 6) is 0. The first-order valence-corrected chi connectivity index (χ1v) is 8.92. The van der Waals surface area contributed by atoms with Crippen molar-refractivity contribution in [2.24, 2.45) is 0 Å². The lowest BCUT2D eigenvalue weighted by molar-refractivity contribution is 0.602. The Labute approximate surface area is 138 Å². The molecule has 0 aliphatic heterocycles. The van der Waals surface area contributed by atoms with Gasteiger partial charge in [-0.2, -0.15) is 0 Å². The Morgan fingerprint density at radius 2 is 2.00 bits per heavy atom. The second kappa shape index (κ2) is 6.73. The fourth-order valence-corrected chi connectivity index (χ4v) is 4.01. The molecule has 3 aromatic rings. The summed E-state index contributed by atoms with van der Waals surface area (Å²) in [6, 6.07) is 17.5. The SMILES string of the molecule is CCCNC(c1cccc(Br)c1)c1csc2ccccc12. The number of nitrogens with one attached hydrogen (secondary N) is 1. The normalized spacial score (nSPS) is 12.7. The summed E-state index contributed by atoms with van der Waals surface area (Å²) in [5, 5.41) is 7.34. The van der Waals surface area contributed by atoms with Crippen LogP contribution in [-0.4, -0.2) is 6.54 Å². The topological polar surface area (TPSA) is 12.0 Å². The van der Waals surface area contributed by atoms with Crippen molar-refractivity contribution in [1.29, 1.82) is 0 Å². The zero-order valence-electron chi connectivity index (χ0n) is 12.0. The number of halogens is 1. The van der Waals surface area contributed by atoms with E-state index in [-0.39, 0.29) is 6.04 Å². The zero-order valence-corrected chi connectivity index (χ0v) is 14.4. The van der Waals surface area contributed by atoms with E-state index in [0.717, 1.165) is 17.4 Å². The average Bonchev–Trinajstić information content (AvgIpc) is 2.92. The van der Waals surface area contributed by atoms with Gasteiger partial charge in [0.2, 0.25) is 0 Å². The minimum Gasteiger partial charge on any atom is -0.306 e. The molecular formula is C18H18BrNS. The first kappa shape index (κ1) is 14.8. The monoisotopic (exact) mass is 359 g/mol. The Balaban J connectivity index is 2.06. The van der Waals surface area contributed by atoms with E-state index in [1.54, 1.807) is 0 Å². The summed E-state index contributed by atoms with van der Waals surface area (Å²) in [6.07, 6.45) is 1.13. The Morgan fingerprint density at radius 1 is 1.14 bits per heavy atom. The van der Waals surface area contributed by atoms with Crippen LogP contribution in [0.1, 0.15) is 30.5 Å². The minimum absolute atomic E-state index is 0.249. The standard InChI is InChI=1S/C18H18BrNS/c1-2-10-20-18(13-6-5-7-14(19)11-13)16-12-21-17-9-4-3-8-15(16)17/h3-9,11-12,18,20H,2,10H2,1H3. The highest BCUT2D eigenvalue weighted by Gasteiger charge is 2.17. The molecule has 0 radical (unpaired) electrons. The van der Waals surface area contributed by atoms with E-state index in [4.69, 9.17) is 0 Å². The van der Waals surface area contributed by atoms with Gasteiger partial charge < -0.3 is 5.32 Å². The molecule has 1 N–H and O–H groups in total. The van der Waals surface area contributed by atoms with Crippen molar-refractivity contribution in [3.63, 3.8) is 0 Å². The Morgan fingerprint density at radius 3 is 2.81 bits per heavy atom. The van der Waals surface area contributed by atoms with E-state index in [2.05, 4.69) is 82.1 Å². The van der Waals surface area contributed by atoms with Gasteiger partial charge in [-0.1, -0.05) is 53.2 Å². The number of fused-ring (bicyclic) bond motifs is 1. The summed E-state index contributed by atoms with van der Waals surface area (Å²) < 4.78 is 2.48. The molecule has 3 rings (SSSR count). The smallest absolute Gasteiger partial charge is 0.0591 e. The molecule has 21 heavy (non-hydrogen) atoms. The molecule has 0 saturated carbocycles. The van der Waals surface area contributed by atoms with Gasteiger partial charge in [0.25, 0.3) is 0 Å². The van der Waals surface area contributed by atoms with Crippen molar-refractivity contribution in [2.45, 2.75) is 19.4 Å². The minimum atomic E-state index is 0.249. The van der Waals surface area contributed by atoms with E-state index in [0.29, 0.717) is 0 Å². The molecule has 0 aliphatic rings. The van der Waals surface area contributed by atoms with Crippen molar-refractivity contribution in [1.82, 2.24) is 5.32 Å². The lowest BCUT2D eigenvalue weighted by atomic mass is 9.98. The van der Waals surface area contributed by atoms with Gasteiger partial charge in [-0.05, 0) is 53.1 Å². The third-order valence-electron chi connectivity index (χ3n) is 3.60. The summed E-state index contributed by atoms with van der Waals surface area (Å²) in [6.45, 7) is 3.22. The van der Waals surface area contributed by atoms with Gasteiger partial charge in [0.05, 0.1) is 6.04 Å². The molecule has 1 heterocycles. The number of hydrogen-bond acceptors (Lipinski definition) is 2. The molecule has 0 spiro atoms. The zero-order chi connectivity index (χ0) is 14.7. The van der Waals surface area contributed by atoms with Crippen molar-refractivity contribution in [2.75, 3.05) is 6.54 Å². The van der Waals surface area contributed by atoms with E-state index in [1.165, 1.54) is 21.2 Å². The summed E-state index contributed by atoms with van der Waals surface area (Å²) in [4.78, 5) is 0. The fraction of sp³-hybridized carbons (Fsp3) is 0.222. The van der Waals surface area contributed by atoms with Crippen LogP contribution in [0.5, 0.6) is 0 Å². The number of rotatable bonds is 5. The van der Waals surface area contributed by atoms with Crippen LogP contribution in [0.2, 0.25) is 0 Å². The van der Waals surface area contributed by atoms with Gasteiger partial charge in [-0.15, -0.1) is 11.3 Å². The second-order valence-corrected chi connectivity index (χ2v) is 6.96. The van der Waals surface area contributed by atoms with Crippen LogP contribution in [0.15, 0.2) is 58.4 Å². The molecular weight excluding hydrogens is 342 g/mol. The largest absolute Gasteiger partial charge is 0.306 e. The molecule has 1 nitrogen and oxygen atoms in total.